The van der Waals surface area contributed by atoms with E-state index in [4.69, 9.17) is 0 Å². The highest BCUT2D eigenvalue weighted by Crippen LogP contribution is 2.28. The summed E-state index contributed by atoms with van der Waals surface area (Å²) in [6, 6.07) is 9.46. The molecule has 26 heavy (non-hydrogen) atoms. The fourth-order valence-electron chi connectivity index (χ4n) is 2.19. The molecule has 0 atom stereocenters. The number of amides is 1. The number of aromatic nitrogens is 4. The van der Waals surface area contributed by atoms with Gasteiger partial charge in [-0.15, -0.1) is 15.3 Å². The lowest BCUT2D eigenvalue weighted by Gasteiger charge is -2.16. The molecule has 0 fully saturated rings. The highest BCUT2D eigenvalue weighted by Gasteiger charge is 2.37. The zero-order chi connectivity index (χ0) is 18.9. The molecule has 0 aliphatic heterocycles. The lowest BCUT2D eigenvalue weighted by molar-refractivity contribution is -0.146. The van der Waals surface area contributed by atoms with E-state index in [1.165, 1.54) is 24.1 Å². The maximum absolute atomic E-state index is 12.9. The molecule has 1 aromatic carbocycles. The van der Waals surface area contributed by atoms with Gasteiger partial charge in [0, 0.05) is 18.4 Å². The van der Waals surface area contributed by atoms with Crippen molar-refractivity contribution >= 4 is 28.9 Å². The molecular formula is C15H13F3N6O2. The molecule has 0 spiro atoms. The van der Waals surface area contributed by atoms with Crippen molar-refractivity contribution in [3.63, 3.8) is 0 Å². The van der Waals surface area contributed by atoms with E-state index >= 15 is 0 Å². The van der Waals surface area contributed by atoms with Crippen molar-refractivity contribution in [3.8, 4) is 0 Å². The second kappa shape index (κ2) is 6.50. The van der Waals surface area contributed by atoms with Crippen molar-refractivity contribution < 1.29 is 22.7 Å². The summed E-state index contributed by atoms with van der Waals surface area (Å²) in [5.74, 6) is -1.02. The minimum Gasteiger partial charge on any atom is -0.452 e. The lowest BCUT2D eigenvalue weighted by atomic mass is 10.2. The molecule has 8 nitrogen and oxygen atoms in total. The Kier molecular flexibility index (Phi) is 4.36. The number of anilines is 3. The first-order valence-corrected chi connectivity index (χ1v) is 7.28. The van der Waals surface area contributed by atoms with Crippen LogP contribution in [0.5, 0.6) is 0 Å². The van der Waals surface area contributed by atoms with Crippen molar-refractivity contribution in [1.82, 2.24) is 19.8 Å². The number of nitrogens with zero attached hydrogens (tertiary/aromatic N) is 5. The Balaban J connectivity index is 1.84. The van der Waals surface area contributed by atoms with Gasteiger partial charge in [-0.3, -0.25) is 4.90 Å². The lowest BCUT2D eigenvalue weighted by Crippen LogP contribution is -2.25. The number of ether oxygens (including phenoxy) is 1. The van der Waals surface area contributed by atoms with E-state index in [1.54, 1.807) is 31.3 Å². The maximum Gasteiger partial charge on any atom is 0.453 e. The van der Waals surface area contributed by atoms with Crippen LogP contribution in [0.3, 0.4) is 0 Å². The van der Waals surface area contributed by atoms with Crippen LogP contribution in [0.1, 0.15) is 5.82 Å². The fourth-order valence-corrected chi connectivity index (χ4v) is 2.19. The molecule has 0 saturated carbocycles. The van der Waals surface area contributed by atoms with Gasteiger partial charge in [-0.1, -0.05) is 0 Å². The normalized spacial score (nSPS) is 11.4. The van der Waals surface area contributed by atoms with Crippen LogP contribution >= 0.6 is 0 Å². The van der Waals surface area contributed by atoms with Crippen molar-refractivity contribution in [2.75, 3.05) is 24.4 Å². The summed E-state index contributed by atoms with van der Waals surface area (Å²) in [7, 11) is 2.82. The van der Waals surface area contributed by atoms with Crippen molar-refractivity contribution in [2.24, 2.45) is 0 Å². The van der Waals surface area contributed by atoms with Gasteiger partial charge in [0.15, 0.2) is 11.5 Å². The van der Waals surface area contributed by atoms with Crippen LogP contribution < -0.4 is 10.2 Å². The number of hydrogen-bond acceptors (Lipinski definition) is 6. The molecule has 0 radical (unpaired) electrons. The van der Waals surface area contributed by atoms with E-state index in [1.807, 2.05) is 0 Å². The molecule has 136 valence electrons. The monoisotopic (exact) mass is 366 g/mol. The second-order valence-corrected chi connectivity index (χ2v) is 5.21. The summed E-state index contributed by atoms with van der Waals surface area (Å²) < 4.78 is 43.9. The summed E-state index contributed by atoms with van der Waals surface area (Å²) in [6.45, 7) is 0. The quantitative estimate of drug-likeness (QED) is 0.767. The molecule has 1 N–H and O–H groups in total. The maximum atomic E-state index is 12.9. The average Bonchev–Trinajstić information content (AvgIpc) is 3.04. The van der Waals surface area contributed by atoms with E-state index in [0.29, 0.717) is 15.9 Å². The third-order valence-corrected chi connectivity index (χ3v) is 3.49. The van der Waals surface area contributed by atoms with Gasteiger partial charge in [0.25, 0.3) is 5.82 Å². The molecule has 0 saturated heterocycles. The number of methoxy groups -OCH3 is 1. The Hall–Kier alpha value is -3.37. The largest absolute Gasteiger partial charge is 0.453 e. The Labute approximate surface area is 145 Å². The molecule has 2 heterocycles. The van der Waals surface area contributed by atoms with Gasteiger partial charge in [-0.05, 0) is 36.4 Å². The van der Waals surface area contributed by atoms with Gasteiger partial charge in [0.1, 0.15) is 0 Å². The summed E-state index contributed by atoms with van der Waals surface area (Å²) in [4.78, 5) is 12.8. The van der Waals surface area contributed by atoms with Crippen LogP contribution in [-0.4, -0.2) is 40.1 Å². The molecule has 0 bridgehead atoms. The molecule has 2 aromatic heterocycles. The van der Waals surface area contributed by atoms with Crippen molar-refractivity contribution in [3.05, 3.63) is 42.2 Å². The Bertz CT molecular complexity index is 939. The van der Waals surface area contributed by atoms with E-state index in [9.17, 15) is 18.0 Å². The van der Waals surface area contributed by atoms with Gasteiger partial charge in [0.05, 0.1) is 7.11 Å². The Morgan fingerprint density at radius 2 is 1.85 bits per heavy atom. The average molecular weight is 366 g/mol. The number of nitrogens with one attached hydrogen (secondary N) is 1. The Morgan fingerprint density at radius 1 is 1.15 bits per heavy atom. The number of alkyl halides is 3. The zero-order valence-corrected chi connectivity index (χ0v) is 13.7. The standard InChI is InChI=1S/C15H13F3N6O2/c1-23(14(25)26-2)10-5-3-9(4-6-10)19-11-7-8-12-20-21-13(15(16,17)18)24(12)22-11/h3-8H,1-2H3,(H,19,22). The van der Waals surface area contributed by atoms with Gasteiger partial charge in [-0.2, -0.15) is 17.7 Å². The minimum atomic E-state index is -4.66. The van der Waals surface area contributed by atoms with Crippen LogP contribution in [-0.2, 0) is 10.9 Å². The molecule has 0 unspecified atom stereocenters. The number of halogens is 3. The number of carbonyl (C=O) groups excluding carboxylic acids is 1. The molecule has 1 amide bonds. The van der Waals surface area contributed by atoms with Gasteiger partial charge >= 0.3 is 12.3 Å². The number of rotatable bonds is 3. The molecular weight excluding hydrogens is 353 g/mol. The third kappa shape index (κ3) is 3.36. The SMILES string of the molecule is COC(=O)N(C)c1ccc(Nc2ccc3nnc(C(F)(F)F)n3n2)cc1. The van der Waals surface area contributed by atoms with Crippen LogP contribution in [0.4, 0.5) is 35.2 Å². The highest BCUT2D eigenvalue weighted by atomic mass is 19.4. The van der Waals surface area contributed by atoms with Crippen molar-refractivity contribution in [1.29, 1.82) is 0 Å². The number of carbonyl (C=O) groups is 1. The highest BCUT2D eigenvalue weighted by molar-refractivity contribution is 5.87. The van der Waals surface area contributed by atoms with E-state index in [-0.39, 0.29) is 11.5 Å². The number of fused-ring (bicyclic) bond motifs is 1. The minimum absolute atomic E-state index is 0.0158. The first kappa shape index (κ1) is 17.5. The van der Waals surface area contributed by atoms with E-state index in [2.05, 4.69) is 25.3 Å². The summed E-state index contributed by atoms with van der Waals surface area (Å²) in [5.41, 5.74) is 1.14. The summed E-state index contributed by atoms with van der Waals surface area (Å²) in [6.07, 6.45) is -5.18. The van der Waals surface area contributed by atoms with E-state index < -0.39 is 18.1 Å². The fraction of sp³-hybridized carbons (Fsp3) is 0.200. The zero-order valence-electron chi connectivity index (χ0n) is 13.7. The van der Waals surface area contributed by atoms with Crippen LogP contribution in [0.25, 0.3) is 5.65 Å². The summed E-state index contributed by atoms with van der Waals surface area (Å²) in [5, 5.41) is 13.3. The molecule has 0 aliphatic rings. The molecule has 3 rings (SSSR count). The van der Waals surface area contributed by atoms with Gasteiger partial charge < -0.3 is 10.1 Å². The summed E-state index contributed by atoms with van der Waals surface area (Å²) >= 11 is 0. The van der Waals surface area contributed by atoms with Crippen molar-refractivity contribution in [2.45, 2.75) is 6.18 Å². The Morgan fingerprint density at radius 3 is 2.46 bits per heavy atom. The van der Waals surface area contributed by atoms with Gasteiger partial charge in [-0.25, -0.2) is 4.79 Å². The number of benzene rings is 1. The smallest absolute Gasteiger partial charge is 0.452 e. The molecule has 11 heteroatoms. The van der Waals surface area contributed by atoms with Crippen LogP contribution in [0, 0.1) is 0 Å². The first-order chi connectivity index (χ1) is 12.3. The predicted octanol–water partition coefficient (Wildman–Crippen LogP) is 3.09. The predicted molar refractivity (Wildman–Crippen MR) is 86.3 cm³/mol. The van der Waals surface area contributed by atoms with Gasteiger partial charge in [0.2, 0.25) is 0 Å². The van der Waals surface area contributed by atoms with E-state index in [0.717, 1.165) is 0 Å². The molecule has 3 aromatic rings. The second-order valence-electron chi connectivity index (χ2n) is 5.21. The number of hydrogen-bond donors (Lipinski definition) is 1. The molecule has 0 aliphatic carbocycles. The van der Waals surface area contributed by atoms with Crippen LogP contribution in [0.15, 0.2) is 36.4 Å². The van der Waals surface area contributed by atoms with Crippen LogP contribution in [0.2, 0.25) is 0 Å². The first-order valence-electron chi connectivity index (χ1n) is 7.28. The third-order valence-electron chi connectivity index (χ3n) is 3.49. The topological polar surface area (TPSA) is 84.6 Å².